The van der Waals surface area contributed by atoms with Crippen molar-refractivity contribution in [1.82, 2.24) is 14.5 Å². The van der Waals surface area contributed by atoms with Crippen molar-refractivity contribution in [2.75, 3.05) is 13.4 Å². The zero-order chi connectivity index (χ0) is 13.5. The molecule has 0 aromatic carbocycles. The Labute approximate surface area is 121 Å². The van der Waals surface area contributed by atoms with Gasteiger partial charge in [0, 0.05) is 17.4 Å². The third-order valence-corrected chi connectivity index (χ3v) is 5.30. The molecule has 0 N–H and O–H groups in total. The number of halogens is 1. The second-order valence-corrected chi connectivity index (χ2v) is 6.37. The molecule has 0 atom stereocenters. The number of nitrogens with zero attached hydrogens (tertiary/aromatic N) is 3. The average molecular weight is 298 g/mol. The first-order valence-corrected chi connectivity index (χ1v) is 7.98. The van der Waals surface area contributed by atoms with Crippen LogP contribution in [0.5, 0.6) is 5.88 Å². The maximum absolute atomic E-state index is 6.02. The molecule has 102 valence electrons. The number of hydrogen-bond donors (Lipinski definition) is 0. The molecule has 6 heteroatoms. The number of imidazole rings is 1. The highest BCUT2D eigenvalue weighted by molar-refractivity contribution is 8.00. The van der Waals surface area contributed by atoms with Crippen LogP contribution >= 0.6 is 23.4 Å². The van der Waals surface area contributed by atoms with E-state index in [2.05, 4.69) is 20.8 Å². The molecule has 0 spiro atoms. The monoisotopic (exact) mass is 297 g/mol. The summed E-state index contributed by atoms with van der Waals surface area (Å²) in [7, 11) is 1.63. The molecule has 0 radical (unpaired) electrons. The predicted molar refractivity (Wildman–Crippen MR) is 79.1 cm³/mol. The highest BCUT2D eigenvalue weighted by Crippen LogP contribution is 2.49. The van der Waals surface area contributed by atoms with E-state index < -0.39 is 0 Å². The average Bonchev–Trinajstić information content (AvgIpc) is 3.15. The lowest BCUT2D eigenvalue weighted by Gasteiger charge is -2.15. The van der Waals surface area contributed by atoms with E-state index >= 15 is 0 Å². The SMILES string of the molecule is COc1ccc2nc(CCl)n(CC3(SC)CC3)c2n1. The first-order valence-electron chi connectivity index (χ1n) is 6.22. The summed E-state index contributed by atoms with van der Waals surface area (Å²) >= 11 is 7.94. The Bertz CT molecular complexity index is 609. The molecule has 2 aromatic heterocycles. The molecule has 0 unspecified atom stereocenters. The Morgan fingerprint density at radius 2 is 2.21 bits per heavy atom. The standard InChI is InChI=1S/C13H16ClN3OS/c1-18-11-4-3-9-12(16-11)17(10(7-14)15-9)8-13(19-2)5-6-13/h3-4H,5-8H2,1-2H3. The number of ether oxygens (including phenoxy) is 1. The second-order valence-electron chi connectivity index (χ2n) is 4.83. The minimum Gasteiger partial charge on any atom is -0.481 e. The summed E-state index contributed by atoms with van der Waals surface area (Å²) in [6.45, 7) is 0.923. The van der Waals surface area contributed by atoms with E-state index in [0.717, 1.165) is 23.5 Å². The van der Waals surface area contributed by atoms with Crippen molar-refractivity contribution >= 4 is 34.5 Å². The van der Waals surface area contributed by atoms with Gasteiger partial charge in [0.15, 0.2) is 5.65 Å². The first kappa shape index (κ1) is 13.1. The zero-order valence-corrected chi connectivity index (χ0v) is 12.6. The van der Waals surface area contributed by atoms with Crippen molar-refractivity contribution in [3.05, 3.63) is 18.0 Å². The lowest BCUT2D eigenvalue weighted by molar-refractivity contribution is 0.399. The van der Waals surface area contributed by atoms with Crippen LogP contribution in [0.1, 0.15) is 18.7 Å². The molecule has 1 saturated carbocycles. The number of thioether (sulfide) groups is 1. The van der Waals surface area contributed by atoms with Crippen LogP contribution in [0.3, 0.4) is 0 Å². The van der Waals surface area contributed by atoms with Crippen molar-refractivity contribution in [3.8, 4) is 5.88 Å². The van der Waals surface area contributed by atoms with E-state index in [1.54, 1.807) is 7.11 Å². The maximum Gasteiger partial charge on any atom is 0.215 e. The highest BCUT2D eigenvalue weighted by Gasteiger charge is 2.43. The number of fused-ring (bicyclic) bond motifs is 1. The number of aromatic nitrogens is 3. The van der Waals surface area contributed by atoms with Crippen LogP contribution in [0, 0.1) is 0 Å². The number of methoxy groups -OCH3 is 1. The summed E-state index contributed by atoms with van der Waals surface area (Å²) < 4.78 is 7.70. The van der Waals surface area contributed by atoms with Gasteiger partial charge in [0.1, 0.15) is 11.3 Å². The van der Waals surface area contributed by atoms with Gasteiger partial charge in [0.2, 0.25) is 5.88 Å². The van der Waals surface area contributed by atoms with Gasteiger partial charge in [-0.1, -0.05) is 0 Å². The van der Waals surface area contributed by atoms with Crippen molar-refractivity contribution in [1.29, 1.82) is 0 Å². The van der Waals surface area contributed by atoms with E-state index in [0.29, 0.717) is 16.5 Å². The van der Waals surface area contributed by atoms with Crippen LogP contribution in [-0.2, 0) is 12.4 Å². The van der Waals surface area contributed by atoms with Crippen molar-refractivity contribution in [3.63, 3.8) is 0 Å². The van der Waals surface area contributed by atoms with Crippen LogP contribution < -0.4 is 4.74 Å². The molecule has 1 aliphatic rings. The van der Waals surface area contributed by atoms with Gasteiger partial charge in [-0.05, 0) is 25.2 Å². The Hall–Kier alpha value is -0.940. The summed E-state index contributed by atoms with van der Waals surface area (Å²) in [5.41, 5.74) is 1.75. The molecule has 0 aliphatic heterocycles. The van der Waals surface area contributed by atoms with Crippen LogP contribution in [0.2, 0.25) is 0 Å². The third-order valence-electron chi connectivity index (χ3n) is 3.66. The van der Waals surface area contributed by atoms with E-state index in [1.165, 1.54) is 12.8 Å². The molecule has 0 amide bonds. The normalized spacial score (nSPS) is 16.8. The molecular weight excluding hydrogens is 282 g/mol. The lowest BCUT2D eigenvalue weighted by Crippen LogP contribution is -2.16. The molecule has 1 fully saturated rings. The van der Waals surface area contributed by atoms with E-state index in [9.17, 15) is 0 Å². The Morgan fingerprint density at radius 1 is 1.42 bits per heavy atom. The Balaban J connectivity index is 2.08. The summed E-state index contributed by atoms with van der Waals surface area (Å²) in [6, 6.07) is 3.77. The molecule has 0 bridgehead atoms. The van der Waals surface area contributed by atoms with Crippen molar-refractivity contribution in [2.24, 2.45) is 0 Å². The topological polar surface area (TPSA) is 39.9 Å². The highest BCUT2D eigenvalue weighted by atomic mass is 35.5. The lowest BCUT2D eigenvalue weighted by atomic mass is 10.4. The van der Waals surface area contributed by atoms with E-state index in [-0.39, 0.29) is 0 Å². The minimum absolute atomic E-state index is 0.346. The molecule has 1 aliphatic carbocycles. The van der Waals surface area contributed by atoms with Gasteiger partial charge >= 0.3 is 0 Å². The van der Waals surface area contributed by atoms with Gasteiger partial charge < -0.3 is 9.30 Å². The van der Waals surface area contributed by atoms with Gasteiger partial charge in [-0.2, -0.15) is 16.7 Å². The van der Waals surface area contributed by atoms with Crippen molar-refractivity contribution in [2.45, 2.75) is 30.0 Å². The summed E-state index contributed by atoms with van der Waals surface area (Å²) in [4.78, 5) is 9.08. The first-order chi connectivity index (χ1) is 9.21. The fourth-order valence-corrected chi connectivity index (χ4v) is 3.24. The van der Waals surface area contributed by atoms with Gasteiger partial charge in [0.05, 0.1) is 13.0 Å². The molecule has 19 heavy (non-hydrogen) atoms. The molecule has 4 nitrogen and oxygen atoms in total. The third kappa shape index (κ3) is 2.30. The summed E-state index contributed by atoms with van der Waals surface area (Å²) in [6.07, 6.45) is 4.67. The molecule has 2 aromatic rings. The molecule has 2 heterocycles. The van der Waals surface area contributed by atoms with Crippen LogP contribution in [-0.4, -0.2) is 32.6 Å². The number of rotatable bonds is 5. The van der Waals surface area contributed by atoms with Gasteiger partial charge in [0.25, 0.3) is 0 Å². The Kier molecular flexibility index (Phi) is 3.35. The smallest absolute Gasteiger partial charge is 0.215 e. The van der Waals surface area contributed by atoms with Gasteiger partial charge in [-0.15, -0.1) is 11.6 Å². The zero-order valence-electron chi connectivity index (χ0n) is 11.0. The summed E-state index contributed by atoms with van der Waals surface area (Å²) in [5.74, 6) is 1.91. The fraction of sp³-hybridized carbons (Fsp3) is 0.538. The van der Waals surface area contributed by atoms with Crippen LogP contribution in [0.25, 0.3) is 11.2 Å². The number of alkyl halides is 1. The quantitative estimate of drug-likeness (QED) is 0.795. The summed E-state index contributed by atoms with van der Waals surface area (Å²) in [5, 5.41) is 0. The minimum atomic E-state index is 0.346. The molecule has 3 rings (SSSR count). The van der Waals surface area contributed by atoms with Crippen LogP contribution in [0.15, 0.2) is 12.1 Å². The predicted octanol–water partition coefficient (Wildman–Crippen LogP) is 3.07. The number of hydrogen-bond acceptors (Lipinski definition) is 4. The van der Waals surface area contributed by atoms with E-state index in [4.69, 9.17) is 16.3 Å². The Morgan fingerprint density at radius 3 is 2.79 bits per heavy atom. The van der Waals surface area contributed by atoms with Gasteiger partial charge in [-0.25, -0.2) is 4.98 Å². The fourth-order valence-electron chi connectivity index (χ4n) is 2.27. The van der Waals surface area contributed by atoms with E-state index in [1.807, 2.05) is 23.9 Å². The van der Waals surface area contributed by atoms with Crippen LogP contribution in [0.4, 0.5) is 0 Å². The second kappa shape index (κ2) is 4.87. The molecule has 0 saturated heterocycles. The van der Waals surface area contributed by atoms with Gasteiger partial charge in [-0.3, -0.25) is 0 Å². The maximum atomic E-state index is 6.02. The van der Waals surface area contributed by atoms with Crippen molar-refractivity contribution < 1.29 is 4.74 Å². The largest absolute Gasteiger partial charge is 0.481 e. The number of pyridine rings is 1. The molecular formula is C13H16ClN3OS.